The summed E-state index contributed by atoms with van der Waals surface area (Å²) in [5, 5.41) is 3.36. The molecule has 0 amide bonds. The van der Waals surface area contributed by atoms with Crippen molar-refractivity contribution in [2.45, 2.75) is 33.1 Å². The second-order valence-corrected chi connectivity index (χ2v) is 7.31. The van der Waals surface area contributed by atoms with Crippen molar-refractivity contribution >= 4 is 41.3 Å². The van der Waals surface area contributed by atoms with Gasteiger partial charge in [0.2, 0.25) is 0 Å². The van der Waals surface area contributed by atoms with Crippen LogP contribution in [0, 0.1) is 5.92 Å². The number of halogens is 1. The van der Waals surface area contributed by atoms with Crippen molar-refractivity contribution < 1.29 is 4.74 Å². The highest BCUT2D eigenvalue weighted by Crippen LogP contribution is 2.27. The number of aryl methyl sites for hydroxylation is 2. The van der Waals surface area contributed by atoms with Crippen molar-refractivity contribution in [2.75, 3.05) is 37.0 Å². The van der Waals surface area contributed by atoms with Crippen LogP contribution in [0.15, 0.2) is 47.5 Å². The molecule has 2 aromatic carbocycles. The lowest BCUT2D eigenvalue weighted by molar-refractivity contribution is 0.415. The van der Waals surface area contributed by atoms with Gasteiger partial charge in [0.15, 0.2) is 5.96 Å². The minimum absolute atomic E-state index is 0. The van der Waals surface area contributed by atoms with E-state index in [2.05, 4.69) is 59.4 Å². The number of methoxy groups -OCH3 is 1. The van der Waals surface area contributed by atoms with E-state index in [1.807, 2.05) is 12.1 Å². The number of guanidine groups is 1. The molecular weight excluding hydrogens is 475 g/mol. The predicted molar refractivity (Wildman–Crippen MR) is 134 cm³/mol. The van der Waals surface area contributed by atoms with Crippen LogP contribution in [0.2, 0.25) is 0 Å². The van der Waals surface area contributed by atoms with E-state index in [0.29, 0.717) is 11.9 Å². The molecular formula is C23H33IN4O. The highest BCUT2D eigenvalue weighted by atomic mass is 127. The Labute approximate surface area is 191 Å². The van der Waals surface area contributed by atoms with Crippen molar-refractivity contribution in [3.05, 3.63) is 53.6 Å². The van der Waals surface area contributed by atoms with E-state index < -0.39 is 0 Å². The highest BCUT2D eigenvalue weighted by molar-refractivity contribution is 14.0. The average Bonchev–Trinajstić information content (AvgIpc) is 3.21. The number of hydrogen-bond acceptors (Lipinski definition) is 3. The van der Waals surface area contributed by atoms with Crippen molar-refractivity contribution in [3.63, 3.8) is 0 Å². The molecule has 0 radical (unpaired) electrons. The van der Waals surface area contributed by atoms with Gasteiger partial charge in [-0.05, 0) is 48.4 Å². The van der Waals surface area contributed by atoms with Gasteiger partial charge in [-0.25, -0.2) is 0 Å². The molecule has 1 fully saturated rings. The monoisotopic (exact) mass is 508 g/mol. The number of anilines is 2. The Morgan fingerprint density at radius 2 is 1.86 bits per heavy atom. The lowest BCUT2D eigenvalue weighted by atomic mass is 10.0. The lowest BCUT2D eigenvalue weighted by Crippen LogP contribution is -2.26. The van der Waals surface area contributed by atoms with Gasteiger partial charge in [0, 0.05) is 37.1 Å². The smallest absolute Gasteiger partial charge is 0.193 e. The van der Waals surface area contributed by atoms with Gasteiger partial charge in [0.05, 0.1) is 7.11 Å². The van der Waals surface area contributed by atoms with Gasteiger partial charge >= 0.3 is 0 Å². The zero-order valence-electron chi connectivity index (χ0n) is 17.6. The fourth-order valence-electron chi connectivity index (χ4n) is 3.82. The molecule has 29 heavy (non-hydrogen) atoms. The number of nitrogens with two attached hydrogens (primary N) is 1. The van der Waals surface area contributed by atoms with Crippen LogP contribution >= 0.6 is 24.0 Å². The van der Waals surface area contributed by atoms with E-state index in [1.54, 1.807) is 7.11 Å². The second kappa shape index (κ2) is 11.3. The molecule has 1 saturated heterocycles. The summed E-state index contributed by atoms with van der Waals surface area (Å²) in [7, 11) is 1.71. The number of ether oxygens (including phenoxy) is 1. The predicted octanol–water partition coefficient (Wildman–Crippen LogP) is 4.69. The third-order valence-electron chi connectivity index (χ3n) is 5.48. The maximum absolute atomic E-state index is 6.22. The summed E-state index contributed by atoms with van der Waals surface area (Å²) < 4.78 is 5.34. The van der Waals surface area contributed by atoms with Crippen molar-refractivity contribution in [1.29, 1.82) is 0 Å². The molecule has 0 aliphatic carbocycles. The molecule has 6 heteroatoms. The number of hydrogen-bond donors (Lipinski definition) is 2. The Kier molecular flexibility index (Phi) is 9.07. The summed E-state index contributed by atoms with van der Waals surface area (Å²) in [5.74, 6) is 1.92. The summed E-state index contributed by atoms with van der Waals surface area (Å²) in [6.07, 6.45) is 3.07. The molecule has 0 aromatic heterocycles. The van der Waals surface area contributed by atoms with Crippen molar-refractivity contribution in [2.24, 2.45) is 16.6 Å². The van der Waals surface area contributed by atoms with Crippen LogP contribution in [0.25, 0.3) is 0 Å². The van der Waals surface area contributed by atoms with Gasteiger partial charge in [-0.3, -0.25) is 4.99 Å². The van der Waals surface area contributed by atoms with Crippen molar-refractivity contribution in [3.8, 4) is 5.75 Å². The summed E-state index contributed by atoms with van der Waals surface area (Å²) >= 11 is 0. The summed E-state index contributed by atoms with van der Waals surface area (Å²) in [6.45, 7) is 7.11. The number of aliphatic imine (C=N–C) groups is 1. The quantitative estimate of drug-likeness (QED) is 0.324. The van der Waals surface area contributed by atoms with Crippen LogP contribution in [0.1, 0.15) is 31.4 Å². The zero-order valence-corrected chi connectivity index (χ0v) is 20.0. The standard InChI is InChI=1S/C23H32N4O.HI/c1-4-18-8-6-9-19(5-2)22(18)26-23(24)25-15-17-12-13-27(16-17)20-10-7-11-21(14-20)28-3;/h6-11,14,17H,4-5,12-13,15-16H2,1-3H3,(H3,24,25,26);1H. The van der Waals surface area contributed by atoms with Crippen LogP contribution in [-0.4, -0.2) is 32.7 Å². The Hall–Kier alpha value is -1.96. The van der Waals surface area contributed by atoms with Crippen LogP contribution in [0.5, 0.6) is 5.75 Å². The first-order valence-electron chi connectivity index (χ1n) is 10.2. The minimum atomic E-state index is 0. The maximum atomic E-state index is 6.22. The molecule has 3 N–H and O–H groups in total. The maximum Gasteiger partial charge on any atom is 0.193 e. The molecule has 0 spiro atoms. The average molecular weight is 508 g/mol. The van der Waals surface area contributed by atoms with E-state index in [0.717, 1.165) is 50.3 Å². The Bertz CT molecular complexity index is 802. The Balaban J connectivity index is 0.00000300. The summed E-state index contributed by atoms with van der Waals surface area (Å²) in [6, 6.07) is 14.7. The van der Waals surface area contributed by atoms with E-state index >= 15 is 0 Å². The molecule has 5 nitrogen and oxygen atoms in total. The third kappa shape index (κ3) is 6.01. The molecule has 1 heterocycles. The number of nitrogens with zero attached hydrogens (tertiary/aromatic N) is 2. The molecule has 1 aliphatic heterocycles. The number of nitrogens with one attached hydrogen (secondary N) is 1. The Morgan fingerprint density at radius 1 is 1.17 bits per heavy atom. The van der Waals surface area contributed by atoms with Crippen LogP contribution in [-0.2, 0) is 12.8 Å². The first kappa shape index (κ1) is 23.3. The topological polar surface area (TPSA) is 62.9 Å². The fraction of sp³-hybridized carbons (Fsp3) is 0.435. The Morgan fingerprint density at radius 3 is 2.52 bits per heavy atom. The van der Waals surface area contributed by atoms with E-state index in [4.69, 9.17) is 10.5 Å². The third-order valence-corrected chi connectivity index (χ3v) is 5.48. The SMILES string of the molecule is CCc1cccc(CC)c1NC(N)=NCC1CCN(c2cccc(OC)c2)C1.I. The van der Waals surface area contributed by atoms with Gasteiger partial charge in [0.1, 0.15) is 5.75 Å². The molecule has 1 atom stereocenters. The van der Waals surface area contributed by atoms with Gasteiger partial charge in [-0.1, -0.05) is 38.1 Å². The minimum Gasteiger partial charge on any atom is -0.497 e. The van der Waals surface area contributed by atoms with Crippen LogP contribution < -0.4 is 20.7 Å². The lowest BCUT2D eigenvalue weighted by Gasteiger charge is -2.19. The normalized spacial score (nSPS) is 16.4. The van der Waals surface area contributed by atoms with E-state index in [1.165, 1.54) is 16.8 Å². The van der Waals surface area contributed by atoms with E-state index in [9.17, 15) is 0 Å². The van der Waals surface area contributed by atoms with E-state index in [-0.39, 0.29) is 24.0 Å². The number of benzene rings is 2. The highest BCUT2D eigenvalue weighted by Gasteiger charge is 2.22. The van der Waals surface area contributed by atoms with Crippen LogP contribution in [0.3, 0.4) is 0 Å². The molecule has 3 rings (SSSR count). The van der Waals surface area contributed by atoms with Gasteiger partial charge < -0.3 is 20.7 Å². The molecule has 2 aromatic rings. The summed E-state index contributed by atoms with van der Waals surface area (Å²) in [4.78, 5) is 7.04. The van der Waals surface area contributed by atoms with Crippen LogP contribution in [0.4, 0.5) is 11.4 Å². The van der Waals surface area contributed by atoms with Crippen molar-refractivity contribution in [1.82, 2.24) is 0 Å². The summed E-state index contributed by atoms with van der Waals surface area (Å²) in [5.41, 5.74) is 11.1. The number of para-hydroxylation sites is 1. The van der Waals surface area contributed by atoms with Gasteiger partial charge in [0.25, 0.3) is 0 Å². The molecule has 1 aliphatic rings. The molecule has 0 saturated carbocycles. The van der Waals surface area contributed by atoms with Gasteiger partial charge in [-0.2, -0.15) is 0 Å². The second-order valence-electron chi connectivity index (χ2n) is 7.31. The largest absolute Gasteiger partial charge is 0.497 e. The molecule has 158 valence electrons. The number of rotatable bonds is 7. The molecule has 0 bridgehead atoms. The van der Waals surface area contributed by atoms with Gasteiger partial charge in [-0.15, -0.1) is 24.0 Å². The first-order chi connectivity index (χ1) is 13.6. The zero-order chi connectivity index (χ0) is 19.9. The fourth-order valence-corrected chi connectivity index (χ4v) is 3.82. The molecule has 1 unspecified atom stereocenters. The first-order valence-corrected chi connectivity index (χ1v) is 10.2.